The average Bonchev–Trinajstić information content (AvgIpc) is 1.56. The van der Waals surface area contributed by atoms with Gasteiger partial charge in [0.25, 0.3) is 0 Å². The van der Waals surface area contributed by atoms with Crippen molar-refractivity contribution in [2.45, 2.75) is 209 Å². The maximum absolute atomic E-state index is 12.5. The van der Waals surface area contributed by atoms with Crippen LogP contribution in [-0.4, -0.2) is 38.3 Å². The molecular formula is C123H119N7O. The summed E-state index contributed by atoms with van der Waals surface area (Å²) < 4.78 is 17.5. The second kappa shape index (κ2) is 28.3. The van der Waals surface area contributed by atoms with E-state index in [4.69, 9.17) is 0 Å². The van der Waals surface area contributed by atoms with Crippen LogP contribution in [0.4, 0.5) is 0 Å². The molecule has 0 bridgehead atoms. The standard InChI is InChI=1S/C123H119N7O/c1-116(2,3)73-27-43-102-88(57-73)89-58-74(117(4,5)6)28-44-103(89)125(102)82-39-53-112-98(67-82)99-68-83(126-104-45-29-75(118(7,8)9)59-90(104)91-60-76(119(10,11)12)30-46-105(91)126)40-54-113(99)129(112)86-37-51-110-96(65-86)97-66-87(38-52-111(97)124(110)81-35-25-72(71-131)26-36-81)130-114-55-41-84(127-106-47-31-77(120(13,14)15)61-92(106)93-62-78(121(16,17)18)32-48-107(93)127)69-100(114)101-70-85(42-56-115(101)130)128-108-49-33-79(122(19,20)21)63-94(108)95-64-80(123(22,23)24)34-50-109(95)128/h25-71H,1-24H3. The van der Waals surface area contributed by atoms with Gasteiger partial charge in [0.15, 0.2) is 0 Å². The van der Waals surface area contributed by atoms with Crippen LogP contribution in [-0.2, 0) is 43.3 Å². The van der Waals surface area contributed by atoms with Gasteiger partial charge in [0, 0.05) is 121 Å². The highest BCUT2D eigenvalue weighted by molar-refractivity contribution is 6.19. The molecule has 0 amide bonds. The number of fused-ring (bicyclic) bond motifs is 21. The molecule has 0 aliphatic heterocycles. The Hall–Kier alpha value is -13.4. The molecule has 0 unspecified atom stereocenters. The normalized spacial score (nSPS) is 13.4. The molecule has 7 aromatic heterocycles. The summed E-state index contributed by atoms with van der Waals surface area (Å²) in [4.78, 5) is 12.5. The Morgan fingerprint density at radius 2 is 0.260 bits per heavy atom. The minimum Gasteiger partial charge on any atom is -0.309 e. The fourth-order valence-corrected chi connectivity index (χ4v) is 21.3. The Morgan fingerprint density at radius 1 is 0.145 bits per heavy atom. The molecule has 0 fully saturated rings. The molecule has 15 aromatic carbocycles. The van der Waals surface area contributed by atoms with Crippen LogP contribution in [0.2, 0.25) is 0 Å². The quantitative estimate of drug-likeness (QED) is 0.140. The van der Waals surface area contributed by atoms with E-state index in [9.17, 15) is 4.79 Å². The van der Waals surface area contributed by atoms with Crippen molar-refractivity contribution >= 4 is 159 Å². The number of carbonyl (C=O) groups is 1. The van der Waals surface area contributed by atoms with Crippen LogP contribution in [0.5, 0.6) is 0 Å². The van der Waals surface area contributed by atoms with Crippen molar-refractivity contribution in [3.63, 3.8) is 0 Å². The molecule has 0 spiro atoms. The minimum atomic E-state index is -0.0495. The van der Waals surface area contributed by atoms with Crippen molar-refractivity contribution in [3.05, 3.63) is 329 Å². The van der Waals surface area contributed by atoms with Gasteiger partial charge in [-0.05, 0) is 318 Å². The third-order valence-corrected chi connectivity index (χ3v) is 29.0. The third kappa shape index (κ3) is 13.2. The Bertz CT molecular complexity index is 7480. The molecule has 0 radical (unpaired) electrons. The molecule has 8 heteroatoms. The van der Waals surface area contributed by atoms with Crippen LogP contribution in [0.15, 0.2) is 279 Å². The van der Waals surface area contributed by atoms with Crippen molar-refractivity contribution in [1.82, 2.24) is 32.0 Å². The van der Waals surface area contributed by atoms with Crippen LogP contribution >= 0.6 is 0 Å². The first kappa shape index (κ1) is 83.2. The SMILES string of the molecule is CC(C)(C)c1ccc2c(c1)c1cc(C(C)(C)C)ccc1n2-c1ccc2c(c1)c1cc(-n3c4ccc(C(C)(C)C)cc4c4cc(C(C)(C)C)ccc43)ccc1n2-c1ccc2c(c1)c1cc(-n3c4ccc(-n5c6ccc(C(C)(C)C)cc6c6cc(C(C)(C)C)ccc65)cc4c4cc(-n5c6ccc(C(C)(C)C)cc6c6cc(C(C)(C)C)ccc65)ccc43)ccc1n2-c1ccc(C=O)cc1. The molecule has 0 atom stereocenters. The Kier molecular flexibility index (Phi) is 18.0. The molecule has 0 N–H and O–H groups in total. The van der Waals surface area contributed by atoms with E-state index >= 15 is 0 Å². The van der Waals surface area contributed by atoms with E-state index in [2.05, 4.69) is 465 Å². The highest BCUT2D eigenvalue weighted by Gasteiger charge is 2.31. The number of aromatic nitrogens is 7. The van der Waals surface area contributed by atoms with Gasteiger partial charge in [-0.3, -0.25) is 4.79 Å². The van der Waals surface area contributed by atoms with E-state index in [1.165, 1.54) is 132 Å². The van der Waals surface area contributed by atoms with Gasteiger partial charge < -0.3 is 32.0 Å². The fraction of sp³-hybridized carbons (Fsp3) is 0.260. The molecule has 7 heterocycles. The van der Waals surface area contributed by atoms with Gasteiger partial charge in [-0.15, -0.1) is 0 Å². The highest BCUT2D eigenvalue weighted by atomic mass is 16.1. The van der Waals surface area contributed by atoms with Gasteiger partial charge in [0.1, 0.15) is 6.29 Å². The summed E-state index contributed by atoms with van der Waals surface area (Å²) in [6.45, 7) is 55.7. The molecule has 0 saturated carbocycles. The van der Waals surface area contributed by atoms with E-state index in [-0.39, 0.29) is 43.3 Å². The van der Waals surface area contributed by atoms with Crippen LogP contribution in [0.3, 0.4) is 0 Å². The maximum atomic E-state index is 12.5. The predicted octanol–water partition coefficient (Wildman–Crippen LogP) is 33.6. The summed E-state index contributed by atoms with van der Waals surface area (Å²) in [5.74, 6) is 0. The Balaban J connectivity index is 0.797. The number of benzene rings is 15. The van der Waals surface area contributed by atoms with Gasteiger partial charge in [-0.25, -0.2) is 0 Å². The lowest BCUT2D eigenvalue weighted by molar-refractivity contribution is 0.112. The smallest absolute Gasteiger partial charge is 0.150 e. The summed E-state index contributed by atoms with van der Waals surface area (Å²) in [5, 5.41) is 16.9. The molecule has 0 aliphatic carbocycles. The number of hydrogen-bond acceptors (Lipinski definition) is 1. The number of nitrogens with zero attached hydrogens (tertiary/aromatic N) is 7. The number of carbonyl (C=O) groups excluding carboxylic acids is 1. The monoisotopic (exact) mass is 1710 g/mol. The van der Waals surface area contributed by atoms with Crippen LogP contribution < -0.4 is 0 Å². The van der Waals surface area contributed by atoms with Crippen LogP contribution in [0.1, 0.15) is 221 Å². The molecule has 0 aliphatic rings. The van der Waals surface area contributed by atoms with E-state index < -0.39 is 0 Å². The third-order valence-electron chi connectivity index (χ3n) is 29.0. The van der Waals surface area contributed by atoms with Gasteiger partial charge in [0.05, 0.1) is 77.2 Å². The van der Waals surface area contributed by atoms with Crippen molar-refractivity contribution in [2.75, 3.05) is 0 Å². The number of hydrogen-bond donors (Lipinski definition) is 0. The molecule has 652 valence electrons. The second-order valence-corrected chi connectivity index (χ2v) is 46.1. The summed E-state index contributed by atoms with van der Waals surface area (Å²) in [5.41, 5.74) is 34.2. The summed E-state index contributed by atoms with van der Waals surface area (Å²) >= 11 is 0. The van der Waals surface area contributed by atoms with Crippen molar-refractivity contribution in [1.29, 1.82) is 0 Å². The van der Waals surface area contributed by atoms with Crippen LogP contribution in [0.25, 0.3) is 192 Å². The van der Waals surface area contributed by atoms with Gasteiger partial charge in [-0.1, -0.05) is 215 Å². The van der Waals surface area contributed by atoms with E-state index in [0.717, 1.165) is 112 Å². The Labute approximate surface area is 769 Å². The van der Waals surface area contributed by atoms with Crippen LogP contribution in [0, 0.1) is 0 Å². The Morgan fingerprint density at radius 3 is 0.389 bits per heavy atom. The minimum absolute atomic E-state index is 0.0495. The van der Waals surface area contributed by atoms with Gasteiger partial charge in [-0.2, -0.15) is 0 Å². The number of rotatable bonds is 8. The summed E-state index contributed by atoms with van der Waals surface area (Å²) in [6, 6.07) is 109. The predicted molar refractivity (Wildman–Crippen MR) is 562 cm³/mol. The summed E-state index contributed by atoms with van der Waals surface area (Å²) in [7, 11) is 0. The second-order valence-electron chi connectivity index (χ2n) is 46.1. The topological polar surface area (TPSA) is 51.6 Å². The van der Waals surface area contributed by atoms with Gasteiger partial charge >= 0.3 is 0 Å². The summed E-state index contributed by atoms with van der Waals surface area (Å²) in [6.07, 6.45) is 0.938. The van der Waals surface area contributed by atoms with Crippen molar-refractivity contribution < 1.29 is 4.79 Å². The fourth-order valence-electron chi connectivity index (χ4n) is 21.3. The first-order valence-corrected chi connectivity index (χ1v) is 47.1. The zero-order valence-corrected chi connectivity index (χ0v) is 80.7. The van der Waals surface area contributed by atoms with E-state index in [1.54, 1.807) is 0 Å². The molecule has 22 rings (SSSR count). The molecule has 131 heavy (non-hydrogen) atoms. The molecule has 22 aromatic rings. The van der Waals surface area contributed by atoms with E-state index in [1.807, 2.05) is 12.1 Å². The average molecular weight is 1710 g/mol. The first-order valence-electron chi connectivity index (χ1n) is 47.1. The van der Waals surface area contributed by atoms with Gasteiger partial charge in [0.2, 0.25) is 0 Å². The lowest BCUT2D eigenvalue weighted by atomic mass is 9.85. The maximum Gasteiger partial charge on any atom is 0.150 e. The van der Waals surface area contributed by atoms with Crippen molar-refractivity contribution in [3.8, 4) is 39.8 Å². The lowest BCUT2D eigenvalue weighted by Gasteiger charge is -2.19. The largest absolute Gasteiger partial charge is 0.309 e. The first-order chi connectivity index (χ1) is 61.9. The molecular weight excluding hydrogens is 1590 g/mol. The lowest BCUT2D eigenvalue weighted by Crippen LogP contribution is -2.10. The highest BCUT2D eigenvalue weighted by Crippen LogP contribution is 2.49. The molecule has 0 saturated heterocycles. The molecule has 8 nitrogen and oxygen atoms in total. The van der Waals surface area contributed by atoms with E-state index in [0.29, 0.717) is 5.56 Å². The van der Waals surface area contributed by atoms with Crippen molar-refractivity contribution in [2.24, 2.45) is 0 Å². The number of aldehydes is 1. The zero-order valence-electron chi connectivity index (χ0n) is 80.7. The zero-order chi connectivity index (χ0) is 91.7.